The minimum Gasteiger partial charge on any atom is -0.447 e. The van der Waals surface area contributed by atoms with Gasteiger partial charge in [-0.25, -0.2) is 24.1 Å². The van der Waals surface area contributed by atoms with Crippen molar-refractivity contribution in [3.63, 3.8) is 0 Å². The fourth-order valence-electron chi connectivity index (χ4n) is 4.24. The van der Waals surface area contributed by atoms with Crippen molar-refractivity contribution in [2.75, 3.05) is 16.8 Å². The van der Waals surface area contributed by atoms with E-state index in [4.69, 9.17) is 4.74 Å². The molecule has 170 valence electrons. The number of ether oxygens (including phenoxy) is 1. The van der Waals surface area contributed by atoms with Crippen molar-refractivity contribution in [3.05, 3.63) is 60.1 Å². The van der Waals surface area contributed by atoms with Gasteiger partial charge in [0.25, 0.3) is 0 Å². The number of amides is 1. The van der Waals surface area contributed by atoms with Crippen LogP contribution in [-0.2, 0) is 4.74 Å². The van der Waals surface area contributed by atoms with E-state index in [1.807, 2.05) is 13.8 Å². The SMILES string of the molecule is Cc1cc(-c2cnc([C@H](C)Nc3nccc(N4C(=O)OCC4(C)C4CC4)n3)nc2)ccc1F. The number of hydrogen-bond acceptors (Lipinski definition) is 7. The second-order valence-electron chi connectivity index (χ2n) is 8.92. The zero-order valence-corrected chi connectivity index (χ0v) is 18.7. The van der Waals surface area contributed by atoms with Gasteiger partial charge in [0.1, 0.15) is 24.1 Å². The van der Waals surface area contributed by atoms with Crippen LogP contribution in [0.1, 0.15) is 44.1 Å². The lowest BCUT2D eigenvalue weighted by molar-refractivity contribution is 0.172. The van der Waals surface area contributed by atoms with Gasteiger partial charge in [0.15, 0.2) is 0 Å². The number of benzene rings is 1. The Kier molecular flexibility index (Phi) is 5.19. The summed E-state index contributed by atoms with van der Waals surface area (Å²) in [6.45, 7) is 6.05. The molecule has 2 aliphatic rings. The largest absolute Gasteiger partial charge is 0.447 e. The van der Waals surface area contributed by atoms with Gasteiger partial charge in [-0.15, -0.1) is 0 Å². The van der Waals surface area contributed by atoms with Crippen molar-refractivity contribution in [1.82, 2.24) is 19.9 Å². The first-order valence-corrected chi connectivity index (χ1v) is 11.0. The number of aryl methyl sites for hydroxylation is 1. The van der Waals surface area contributed by atoms with Gasteiger partial charge in [-0.3, -0.25) is 4.90 Å². The Morgan fingerprint density at radius 2 is 1.94 bits per heavy atom. The van der Waals surface area contributed by atoms with E-state index < -0.39 is 0 Å². The maximum absolute atomic E-state index is 13.5. The van der Waals surface area contributed by atoms with E-state index in [-0.39, 0.29) is 23.5 Å². The molecule has 0 spiro atoms. The summed E-state index contributed by atoms with van der Waals surface area (Å²) in [5, 5.41) is 3.21. The number of hydrogen-bond donors (Lipinski definition) is 1. The molecule has 3 heterocycles. The lowest BCUT2D eigenvalue weighted by Gasteiger charge is -2.31. The minimum atomic E-state index is -0.383. The molecular weight excluding hydrogens is 423 g/mol. The van der Waals surface area contributed by atoms with E-state index in [1.54, 1.807) is 48.6 Å². The molecule has 1 unspecified atom stereocenters. The van der Waals surface area contributed by atoms with Crippen LogP contribution in [0.15, 0.2) is 42.9 Å². The first-order valence-electron chi connectivity index (χ1n) is 11.0. The van der Waals surface area contributed by atoms with E-state index in [0.717, 1.165) is 24.0 Å². The first kappa shape index (κ1) is 21.2. The van der Waals surface area contributed by atoms with Crippen LogP contribution in [0.2, 0.25) is 0 Å². The number of nitrogens with one attached hydrogen (secondary N) is 1. The fraction of sp³-hybridized carbons (Fsp3) is 0.375. The highest BCUT2D eigenvalue weighted by Gasteiger charge is 2.54. The van der Waals surface area contributed by atoms with E-state index in [0.29, 0.717) is 35.7 Å². The van der Waals surface area contributed by atoms with Gasteiger partial charge < -0.3 is 10.1 Å². The Morgan fingerprint density at radius 1 is 1.18 bits per heavy atom. The number of carbonyl (C=O) groups is 1. The topological polar surface area (TPSA) is 93.1 Å². The summed E-state index contributed by atoms with van der Waals surface area (Å²) < 4.78 is 18.9. The maximum Gasteiger partial charge on any atom is 0.416 e. The third kappa shape index (κ3) is 3.99. The highest BCUT2D eigenvalue weighted by molar-refractivity contribution is 5.90. The van der Waals surface area contributed by atoms with Crippen LogP contribution >= 0.6 is 0 Å². The van der Waals surface area contributed by atoms with Crippen molar-refractivity contribution in [2.24, 2.45) is 5.92 Å². The third-order valence-electron chi connectivity index (χ3n) is 6.40. The fourth-order valence-corrected chi connectivity index (χ4v) is 4.24. The number of aromatic nitrogens is 4. The van der Waals surface area contributed by atoms with Crippen molar-refractivity contribution < 1.29 is 13.9 Å². The summed E-state index contributed by atoms with van der Waals surface area (Å²) in [6, 6.07) is 6.37. The summed E-state index contributed by atoms with van der Waals surface area (Å²) in [7, 11) is 0. The number of cyclic esters (lactones) is 1. The number of rotatable bonds is 6. The predicted octanol–water partition coefficient (Wildman–Crippen LogP) is 4.68. The summed E-state index contributed by atoms with van der Waals surface area (Å²) in [5.41, 5.74) is 1.85. The zero-order chi connectivity index (χ0) is 23.2. The van der Waals surface area contributed by atoms with Crippen molar-refractivity contribution >= 4 is 17.9 Å². The molecule has 0 bridgehead atoms. The minimum absolute atomic E-state index is 0.240. The second-order valence-corrected chi connectivity index (χ2v) is 8.92. The lowest BCUT2D eigenvalue weighted by Crippen LogP contribution is -2.47. The van der Waals surface area contributed by atoms with Crippen LogP contribution < -0.4 is 10.2 Å². The van der Waals surface area contributed by atoms with Crippen LogP contribution in [0.4, 0.5) is 21.0 Å². The number of halogens is 1. The molecule has 2 aromatic heterocycles. The average molecular weight is 449 g/mol. The second kappa shape index (κ2) is 8.06. The summed E-state index contributed by atoms with van der Waals surface area (Å²) in [4.78, 5) is 31.9. The molecule has 2 fully saturated rings. The van der Waals surface area contributed by atoms with Crippen LogP contribution in [0, 0.1) is 18.7 Å². The highest BCUT2D eigenvalue weighted by Crippen LogP contribution is 2.47. The van der Waals surface area contributed by atoms with Gasteiger partial charge in [-0.1, -0.05) is 6.07 Å². The molecule has 0 radical (unpaired) electrons. The highest BCUT2D eigenvalue weighted by atomic mass is 19.1. The molecule has 1 saturated carbocycles. The molecule has 1 aliphatic carbocycles. The van der Waals surface area contributed by atoms with Gasteiger partial charge >= 0.3 is 6.09 Å². The molecule has 8 nitrogen and oxygen atoms in total. The quantitative estimate of drug-likeness (QED) is 0.585. The van der Waals surface area contributed by atoms with E-state index in [1.165, 1.54) is 6.07 Å². The molecule has 3 aromatic rings. The summed E-state index contributed by atoms with van der Waals surface area (Å²) >= 11 is 0. The molecule has 1 amide bonds. The van der Waals surface area contributed by atoms with E-state index in [9.17, 15) is 9.18 Å². The predicted molar refractivity (Wildman–Crippen MR) is 121 cm³/mol. The Balaban J connectivity index is 1.32. The number of nitrogens with zero attached hydrogens (tertiary/aromatic N) is 5. The summed E-state index contributed by atoms with van der Waals surface area (Å²) in [6.07, 6.45) is 6.84. The van der Waals surface area contributed by atoms with Crippen LogP contribution in [-0.4, -0.2) is 38.2 Å². The first-order chi connectivity index (χ1) is 15.8. The van der Waals surface area contributed by atoms with Crippen LogP contribution in [0.3, 0.4) is 0 Å². The van der Waals surface area contributed by atoms with Gasteiger partial charge in [0.05, 0.1) is 11.6 Å². The Labute approximate surface area is 191 Å². The summed E-state index contributed by atoms with van der Waals surface area (Å²) in [5.74, 6) is 1.64. The van der Waals surface area contributed by atoms with Gasteiger partial charge in [0, 0.05) is 24.2 Å². The van der Waals surface area contributed by atoms with Gasteiger partial charge in [0.2, 0.25) is 5.95 Å². The van der Waals surface area contributed by atoms with Crippen molar-refractivity contribution in [2.45, 2.75) is 45.2 Å². The number of anilines is 2. The lowest BCUT2D eigenvalue weighted by atomic mass is 9.96. The Hall–Kier alpha value is -3.62. The molecule has 1 saturated heterocycles. The average Bonchev–Trinajstić information content (AvgIpc) is 3.62. The third-order valence-corrected chi connectivity index (χ3v) is 6.40. The maximum atomic E-state index is 13.5. The van der Waals surface area contributed by atoms with Gasteiger partial charge in [-0.05, 0) is 68.9 Å². The molecule has 5 rings (SSSR count). The Bertz CT molecular complexity index is 1200. The molecule has 1 N–H and O–H groups in total. The molecule has 1 aliphatic heterocycles. The molecular formula is C24H25FN6O2. The van der Waals surface area contributed by atoms with Crippen LogP contribution in [0.25, 0.3) is 11.1 Å². The molecule has 2 atom stereocenters. The van der Waals surface area contributed by atoms with E-state index >= 15 is 0 Å². The monoisotopic (exact) mass is 448 g/mol. The normalized spacial score (nSPS) is 21.1. The standard InChI is InChI=1S/C24H25FN6O2/c1-14-10-16(4-7-19(14)25)17-11-27-21(28-12-17)15(2)29-22-26-9-8-20(30-22)31-23(32)33-13-24(31,3)18-5-6-18/h4,7-12,15,18H,5-6,13H2,1-3H3,(H,26,29,30)/t15-,24?/m0/s1. The van der Waals surface area contributed by atoms with Crippen molar-refractivity contribution in [3.8, 4) is 11.1 Å². The van der Waals surface area contributed by atoms with Gasteiger partial charge in [-0.2, -0.15) is 4.98 Å². The molecule has 9 heteroatoms. The van der Waals surface area contributed by atoms with E-state index in [2.05, 4.69) is 25.3 Å². The zero-order valence-electron chi connectivity index (χ0n) is 18.7. The van der Waals surface area contributed by atoms with Crippen LogP contribution in [0.5, 0.6) is 0 Å². The molecule has 33 heavy (non-hydrogen) atoms. The molecule has 1 aromatic carbocycles. The Morgan fingerprint density at radius 3 is 2.64 bits per heavy atom. The van der Waals surface area contributed by atoms with Crippen molar-refractivity contribution in [1.29, 1.82) is 0 Å². The number of carbonyl (C=O) groups excluding carboxylic acids is 1. The smallest absolute Gasteiger partial charge is 0.416 e.